The van der Waals surface area contributed by atoms with Gasteiger partial charge in [-0.15, -0.1) is 10.2 Å². The van der Waals surface area contributed by atoms with Crippen molar-refractivity contribution in [2.75, 3.05) is 5.75 Å². The molecule has 4 rings (SSSR count). The fourth-order valence-corrected chi connectivity index (χ4v) is 5.15. The molecule has 0 aromatic carbocycles. The highest BCUT2D eigenvalue weighted by Crippen LogP contribution is 2.63. The van der Waals surface area contributed by atoms with Gasteiger partial charge in [-0.25, -0.2) is 5.43 Å². The van der Waals surface area contributed by atoms with Crippen molar-refractivity contribution in [1.82, 2.24) is 20.2 Å². The van der Waals surface area contributed by atoms with Crippen molar-refractivity contribution < 1.29 is 9.21 Å². The van der Waals surface area contributed by atoms with Crippen LogP contribution in [0.2, 0.25) is 0 Å². The Bertz CT molecular complexity index is 886. The first-order valence-corrected chi connectivity index (χ1v) is 10.2. The van der Waals surface area contributed by atoms with Crippen molar-refractivity contribution in [3.05, 3.63) is 18.4 Å². The van der Waals surface area contributed by atoms with Crippen LogP contribution in [0.5, 0.6) is 0 Å². The monoisotopic (exact) mass is 387 g/mol. The predicted molar refractivity (Wildman–Crippen MR) is 104 cm³/mol. The third-order valence-electron chi connectivity index (χ3n) is 6.74. The van der Waals surface area contributed by atoms with Crippen LogP contribution in [-0.2, 0) is 11.8 Å². The number of carbonyl (C=O) groups is 1. The summed E-state index contributed by atoms with van der Waals surface area (Å²) in [6, 6.07) is 3.64. The number of aromatic nitrogens is 3. The Kier molecular flexibility index (Phi) is 4.41. The smallest absolute Gasteiger partial charge is 0.250 e. The minimum atomic E-state index is -0.126. The average Bonchev–Trinajstić information content (AvgIpc) is 3.36. The Morgan fingerprint density at radius 3 is 2.89 bits per heavy atom. The number of hydrogen-bond acceptors (Lipinski definition) is 6. The number of fused-ring (bicyclic) bond motifs is 2. The van der Waals surface area contributed by atoms with Gasteiger partial charge in [0.2, 0.25) is 0 Å². The third-order valence-corrected chi connectivity index (χ3v) is 7.76. The minimum absolute atomic E-state index is 0.0969. The highest BCUT2D eigenvalue weighted by Gasteiger charge is 2.60. The van der Waals surface area contributed by atoms with Gasteiger partial charge in [0.05, 0.1) is 12.0 Å². The van der Waals surface area contributed by atoms with Crippen LogP contribution >= 0.6 is 11.8 Å². The van der Waals surface area contributed by atoms with E-state index in [-0.39, 0.29) is 22.5 Å². The first-order chi connectivity index (χ1) is 12.8. The van der Waals surface area contributed by atoms with Crippen molar-refractivity contribution in [1.29, 1.82) is 0 Å². The SMILES string of the molecule is Cn1c(SCC(=O)N/N=C2\C[C@@H]3CC[C@]2(C)C3(C)C)nnc1-c1ccco1. The highest BCUT2D eigenvalue weighted by atomic mass is 32.2. The molecule has 0 saturated heterocycles. The molecule has 1 N–H and O–H groups in total. The molecule has 2 saturated carbocycles. The van der Waals surface area contributed by atoms with Gasteiger partial charge in [-0.2, -0.15) is 5.10 Å². The largest absolute Gasteiger partial charge is 0.461 e. The fourth-order valence-electron chi connectivity index (χ4n) is 4.45. The van der Waals surface area contributed by atoms with Crippen LogP contribution in [0.3, 0.4) is 0 Å². The maximum Gasteiger partial charge on any atom is 0.250 e. The number of furan rings is 1. The van der Waals surface area contributed by atoms with Gasteiger partial charge in [-0.3, -0.25) is 4.79 Å². The number of carbonyl (C=O) groups excluding carboxylic acids is 1. The molecule has 2 atom stereocenters. The highest BCUT2D eigenvalue weighted by molar-refractivity contribution is 7.99. The molecule has 0 spiro atoms. The number of rotatable bonds is 5. The van der Waals surface area contributed by atoms with E-state index in [4.69, 9.17) is 4.42 Å². The summed E-state index contributed by atoms with van der Waals surface area (Å²) in [6.45, 7) is 6.94. The van der Waals surface area contributed by atoms with E-state index < -0.39 is 0 Å². The van der Waals surface area contributed by atoms with Crippen LogP contribution in [-0.4, -0.2) is 32.1 Å². The van der Waals surface area contributed by atoms with Gasteiger partial charge in [0, 0.05) is 18.2 Å². The van der Waals surface area contributed by atoms with Gasteiger partial charge in [0.1, 0.15) is 0 Å². The van der Waals surface area contributed by atoms with Crippen molar-refractivity contribution in [3.63, 3.8) is 0 Å². The van der Waals surface area contributed by atoms with Gasteiger partial charge in [0.15, 0.2) is 16.7 Å². The molecule has 7 nitrogen and oxygen atoms in total. The van der Waals surface area contributed by atoms with E-state index in [9.17, 15) is 4.79 Å². The predicted octanol–water partition coefficient (Wildman–Crippen LogP) is 3.49. The molecular weight excluding hydrogens is 362 g/mol. The Balaban J connectivity index is 1.36. The molecule has 2 aliphatic carbocycles. The van der Waals surface area contributed by atoms with Crippen molar-refractivity contribution in [2.45, 2.75) is 45.2 Å². The molecular formula is C19H25N5O2S. The minimum Gasteiger partial charge on any atom is -0.461 e. The lowest BCUT2D eigenvalue weighted by molar-refractivity contribution is -0.118. The normalized spacial score (nSPS) is 27.4. The molecule has 144 valence electrons. The molecule has 2 fully saturated rings. The van der Waals surface area contributed by atoms with Crippen molar-refractivity contribution >= 4 is 23.4 Å². The second-order valence-electron chi connectivity index (χ2n) is 8.22. The lowest BCUT2D eigenvalue weighted by Gasteiger charge is -2.34. The zero-order valence-corrected chi connectivity index (χ0v) is 17.0. The molecule has 2 aromatic heterocycles. The second kappa shape index (κ2) is 6.51. The molecule has 2 bridgehead atoms. The number of amides is 1. The quantitative estimate of drug-likeness (QED) is 0.627. The Morgan fingerprint density at radius 2 is 2.26 bits per heavy atom. The Hall–Kier alpha value is -2.09. The Morgan fingerprint density at radius 1 is 1.44 bits per heavy atom. The molecule has 0 radical (unpaired) electrons. The Labute approximate surface area is 163 Å². The van der Waals surface area contributed by atoms with Gasteiger partial charge in [-0.05, 0) is 42.7 Å². The van der Waals surface area contributed by atoms with E-state index in [1.165, 1.54) is 18.2 Å². The van der Waals surface area contributed by atoms with Crippen LogP contribution in [0.15, 0.2) is 33.1 Å². The fraction of sp³-hybridized carbons (Fsp3) is 0.579. The summed E-state index contributed by atoms with van der Waals surface area (Å²) < 4.78 is 7.18. The van der Waals surface area contributed by atoms with Crippen LogP contribution in [0.25, 0.3) is 11.6 Å². The summed E-state index contributed by atoms with van der Waals surface area (Å²) >= 11 is 1.34. The van der Waals surface area contributed by atoms with Crippen molar-refractivity contribution in [2.24, 2.45) is 28.9 Å². The number of nitrogens with one attached hydrogen (secondary N) is 1. The summed E-state index contributed by atoms with van der Waals surface area (Å²) in [6.07, 6.45) is 5.01. The van der Waals surface area contributed by atoms with Gasteiger partial charge < -0.3 is 8.98 Å². The summed E-state index contributed by atoms with van der Waals surface area (Å²) in [5, 5.41) is 13.4. The van der Waals surface area contributed by atoms with Gasteiger partial charge in [-0.1, -0.05) is 32.5 Å². The molecule has 2 aliphatic rings. The zero-order chi connectivity index (χ0) is 19.2. The topological polar surface area (TPSA) is 85.3 Å². The van der Waals surface area contributed by atoms with E-state index in [2.05, 4.69) is 41.5 Å². The van der Waals surface area contributed by atoms with E-state index in [1.54, 1.807) is 12.3 Å². The maximum atomic E-state index is 12.3. The van der Waals surface area contributed by atoms with E-state index in [0.29, 0.717) is 22.7 Å². The van der Waals surface area contributed by atoms with Crippen molar-refractivity contribution in [3.8, 4) is 11.6 Å². The molecule has 1 amide bonds. The van der Waals surface area contributed by atoms with Gasteiger partial charge >= 0.3 is 0 Å². The molecule has 8 heteroatoms. The first kappa shape index (κ1) is 18.3. The third kappa shape index (κ3) is 2.90. The van der Waals surface area contributed by atoms with Crippen LogP contribution < -0.4 is 5.43 Å². The average molecular weight is 388 g/mol. The lowest BCUT2D eigenvalue weighted by Crippen LogP contribution is -2.34. The molecule has 27 heavy (non-hydrogen) atoms. The molecule has 2 heterocycles. The maximum absolute atomic E-state index is 12.3. The second-order valence-corrected chi connectivity index (χ2v) is 9.16. The van der Waals surface area contributed by atoms with Gasteiger partial charge in [0.25, 0.3) is 5.91 Å². The molecule has 2 aromatic rings. The summed E-state index contributed by atoms with van der Waals surface area (Å²) in [7, 11) is 1.86. The molecule has 0 unspecified atom stereocenters. The molecule has 0 aliphatic heterocycles. The summed E-state index contributed by atoms with van der Waals surface area (Å²) in [4.78, 5) is 12.3. The van der Waals surface area contributed by atoms with E-state index >= 15 is 0 Å². The number of hydrazone groups is 1. The first-order valence-electron chi connectivity index (χ1n) is 9.25. The standard InChI is InChI=1S/C19H25N5O2S/c1-18(2)12-7-8-19(18,3)14(10-12)20-21-15(25)11-27-17-23-22-16(24(17)4)13-6-5-9-26-13/h5-6,9,12H,7-8,10-11H2,1-4H3,(H,21,25)/b20-14+/t12-,19-/m0/s1. The van der Waals surface area contributed by atoms with E-state index in [1.807, 2.05) is 17.7 Å². The number of nitrogens with zero attached hydrogens (tertiary/aromatic N) is 4. The summed E-state index contributed by atoms with van der Waals surface area (Å²) in [5.41, 5.74) is 4.24. The van der Waals surface area contributed by atoms with Crippen LogP contribution in [0.1, 0.15) is 40.0 Å². The number of thioether (sulfide) groups is 1. The lowest BCUT2D eigenvalue weighted by atomic mass is 9.70. The van der Waals surface area contributed by atoms with Crippen LogP contribution in [0, 0.1) is 16.7 Å². The van der Waals surface area contributed by atoms with E-state index in [0.717, 1.165) is 18.6 Å². The number of hydrogen-bond donors (Lipinski definition) is 1. The van der Waals surface area contributed by atoms with Crippen LogP contribution in [0.4, 0.5) is 0 Å². The zero-order valence-electron chi connectivity index (χ0n) is 16.2. The summed E-state index contributed by atoms with van der Waals surface area (Å²) in [5.74, 6) is 2.08.